The van der Waals surface area contributed by atoms with Crippen LogP contribution >= 0.6 is 23.2 Å². The van der Waals surface area contributed by atoms with Gasteiger partial charge in [0.2, 0.25) is 0 Å². The molecule has 2 amide bonds. The van der Waals surface area contributed by atoms with Crippen LogP contribution in [0.15, 0.2) is 78.4 Å². The van der Waals surface area contributed by atoms with Crippen molar-refractivity contribution in [2.24, 2.45) is 0 Å². The number of amides is 2. The minimum atomic E-state index is -0.492. The number of hydrogen-bond acceptors (Lipinski definition) is 4. The van der Waals surface area contributed by atoms with Crippen molar-refractivity contribution in [3.63, 3.8) is 0 Å². The number of ether oxygens (including phenoxy) is 1. The SMILES string of the molecule is N#C/C(=C\c1ccc(OCC(=O)Nc2ccccc2Cl)c(Cl)c1)C(=O)NCc1ccccc1. The van der Waals surface area contributed by atoms with Crippen LogP contribution < -0.4 is 15.4 Å². The number of nitrogens with one attached hydrogen (secondary N) is 2. The van der Waals surface area contributed by atoms with Gasteiger partial charge in [-0.3, -0.25) is 9.59 Å². The van der Waals surface area contributed by atoms with E-state index in [-0.39, 0.29) is 23.0 Å². The van der Waals surface area contributed by atoms with Crippen LogP contribution in [0.3, 0.4) is 0 Å². The van der Waals surface area contributed by atoms with Crippen LogP contribution in [0.25, 0.3) is 6.08 Å². The minimum Gasteiger partial charge on any atom is -0.482 e. The highest BCUT2D eigenvalue weighted by atomic mass is 35.5. The molecule has 0 aliphatic carbocycles. The molecule has 33 heavy (non-hydrogen) atoms. The second-order valence-corrected chi connectivity index (χ2v) is 7.66. The summed E-state index contributed by atoms with van der Waals surface area (Å²) in [7, 11) is 0. The highest BCUT2D eigenvalue weighted by Gasteiger charge is 2.11. The van der Waals surface area contributed by atoms with Crippen molar-refractivity contribution < 1.29 is 14.3 Å². The summed E-state index contributed by atoms with van der Waals surface area (Å²) < 4.78 is 5.48. The van der Waals surface area contributed by atoms with Crippen LogP contribution in [0.1, 0.15) is 11.1 Å². The van der Waals surface area contributed by atoms with Crippen LogP contribution in [0.4, 0.5) is 5.69 Å². The van der Waals surface area contributed by atoms with Crippen molar-refractivity contribution in [1.82, 2.24) is 5.32 Å². The molecule has 0 bridgehead atoms. The van der Waals surface area contributed by atoms with E-state index < -0.39 is 11.8 Å². The van der Waals surface area contributed by atoms with Gasteiger partial charge in [-0.2, -0.15) is 5.26 Å². The van der Waals surface area contributed by atoms with Crippen molar-refractivity contribution in [2.45, 2.75) is 6.54 Å². The van der Waals surface area contributed by atoms with Crippen LogP contribution in [-0.4, -0.2) is 18.4 Å². The van der Waals surface area contributed by atoms with Crippen LogP contribution in [0.5, 0.6) is 5.75 Å². The van der Waals surface area contributed by atoms with Crippen molar-refractivity contribution in [1.29, 1.82) is 5.26 Å². The Kier molecular flexibility index (Phi) is 8.48. The van der Waals surface area contributed by atoms with Gasteiger partial charge in [0.05, 0.1) is 15.7 Å². The summed E-state index contributed by atoms with van der Waals surface area (Å²) in [5, 5.41) is 15.4. The van der Waals surface area contributed by atoms with E-state index in [0.717, 1.165) is 5.56 Å². The average molecular weight is 480 g/mol. The van der Waals surface area contributed by atoms with Gasteiger partial charge in [0.1, 0.15) is 17.4 Å². The third-order valence-corrected chi connectivity index (χ3v) is 5.06. The molecule has 0 heterocycles. The van der Waals surface area contributed by atoms with Gasteiger partial charge in [0.25, 0.3) is 11.8 Å². The molecule has 3 rings (SSSR count). The number of anilines is 1. The number of halogens is 2. The van der Waals surface area contributed by atoms with Gasteiger partial charge in [-0.15, -0.1) is 0 Å². The van der Waals surface area contributed by atoms with E-state index in [4.69, 9.17) is 27.9 Å². The summed E-state index contributed by atoms with van der Waals surface area (Å²) in [5.41, 5.74) is 1.88. The van der Waals surface area contributed by atoms with Crippen molar-refractivity contribution in [3.8, 4) is 11.8 Å². The second kappa shape index (κ2) is 11.7. The van der Waals surface area contributed by atoms with Gasteiger partial charge in [-0.25, -0.2) is 0 Å². The smallest absolute Gasteiger partial charge is 0.262 e. The Morgan fingerprint density at radius 2 is 1.70 bits per heavy atom. The zero-order valence-electron chi connectivity index (χ0n) is 17.3. The van der Waals surface area contributed by atoms with E-state index in [9.17, 15) is 14.9 Å². The summed E-state index contributed by atoms with van der Waals surface area (Å²) in [6.45, 7) is 0.0357. The summed E-state index contributed by atoms with van der Waals surface area (Å²) in [6, 6.07) is 22.9. The zero-order chi connectivity index (χ0) is 23.6. The third kappa shape index (κ3) is 7.11. The van der Waals surface area contributed by atoms with E-state index in [2.05, 4.69) is 10.6 Å². The molecule has 0 aromatic heterocycles. The normalized spacial score (nSPS) is 10.8. The fraction of sp³-hybridized carbons (Fsp3) is 0.0800. The van der Waals surface area contributed by atoms with Crippen molar-refractivity contribution in [2.75, 3.05) is 11.9 Å². The number of carbonyl (C=O) groups is 2. The Morgan fingerprint density at radius 1 is 0.970 bits per heavy atom. The standard InChI is InChI=1S/C25H19Cl2N3O3/c26-20-8-4-5-9-22(20)30-24(31)16-33-23-11-10-18(13-21(23)27)12-19(14-28)25(32)29-15-17-6-2-1-3-7-17/h1-13H,15-16H2,(H,29,32)(H,30,31)/b19-12+. The second-order valence-electron chi connectivity index (χ2n) is 6.84. The van der Waals surface area contributed by atoms with Crippen LogP contribution in [0, 0.1) is 11.3 Å². The van der Waals surface area contributed by atoms with E-state index in [0.29, 0.717) is 22.8 Å². The number of para-hydroxylation sites is 1. The number of nitriles is 1. The Labute approximate surface area is 201 Å². The monoisotopic (exact) mass is 479 g/mol. The molecule has 0 aliphatic heterocycles. The van der Waals surface area contributed by atoms with Gasteiger partial charge in [0.15, 0.2) is 6.61 Å². The predicted molar refractivity (Wildman–Crippen MR) is 129 cm³/mol. The molecule has 3 aromatic carbocycles. The highest BCUT2D eigenvalue weighted by molar-refractivity contribution is 6.33. The Hall–Kier alpha value is -3.79. The maximum Gasteiger partial charge on any atom is 0.262 e. The molecule has 0 atom stereocenters. The Balaban J connectivity index is 1.59. The minimum absolute atomic E-state index is 0.0604. The lowest BCUT2D eigenvalue weighted by atomic mass is 10.1. The topological polar surface area (TPSA) is 91.2 Å². The van der Waals surface area contributed by atoms with Gasteiger partial charge >= 0.3 is 0 Å². The third-order valence-electron chi connectivity index (χ3n) is 4.43. The number of carbonyl (C=O) groups excluding carboxylic acids is 2. The lowest BCUT2D eigenvalue weighted by Gasteiger charge is -2.10. The Morgan fingerprint density at radius 3 is 2.39 bits per heavy atom. The van der Waals surface area contributed by atoms with Crippen molar-refractivity contribution >= 4 is 46.8 Å². The van der Waals surface area contributed by atoms with Gasteiger partial charge in [0, 0.05) is 6.54 Å². The lowest BCUT2D eigenvalue weighted by molar-refractivity contribution is -0.118. The maximum atomic E-state index is 12.3. The Bertz CT molecular complexity index is 1220. The fourth-order valence-corrected chi connectivity index (χ4v) is 3.23. The van der Waals surface area contributed by atoms with E-state index in [1.54, 1.807) is 42.5 Å². The first-order valence-corrected chi connectivity index (χ1v) is 10.6. The molecule has 2 N–H and O–H groups in total. The molecule has 0 saturated carbocycles. The molecule has 0 aliphatic rings. The van der Waals surface area contributed by atoms with E-state index in [1.165, 1.54) is 6.08 Å². The highest BCUT2D eigenvalue weighted by Crippen LogP contribution is 2.27. The number of hydrogen-bond donors (Lipinski definition) is 2. The quantitative estimate of drug-likeness (QED) is 0.341. The largest absolute Gasteiger partial charge is 0.482 e. The summed E-state index contributed by atoms with van der Waals surface area (Å²) in [4.78, 5) is 24.5. The molecule has 0 fully saturated rings. The maximum absolute atomic E-state index is 12.3. The van der Waals surface area contributed by atoms with Crippen molar-refractivity contribution in [3.05, 3.63) is 99.5 Å². The molecule has 0 saturated heterocycles. The average Bonchev–Trinajstić information content (AvgIpc) is 2.82. The molecule has 0 radical (unpaired) electrons. The number of benzene rings is 3. The lowest BCUT2D eigenvalue weighted by Crippen LogP contribution is -2.23. The molecule has 0 unspecified atom stereocenters. The molecular formula is C25H19Cl2N3O3. The van der Waals surface area contributed by atoms with E-state index in [1.807, 2.05) is 36.4 Å². The zero-order valence-corrected chi connectivity index (χ0v) is 18.9. The molecular weight excluding hydrogens is 461 g/mol. The van der Waals surface area contributed by atoms with Crippen LogP contribution in [-0.2, 0) is 16.1 Å². The van der Waals surface area contributed by atoms with Gasteiger partial charge in [-0.05, 0) is 41.5 Å². The van der Waals surface area contributed by atoms with Gasteiger partial charge < -0.3 is 15.4 Å². The van der Waals surface area contributed by atoms with Gasteiger partial charge in [-0.1, -0.05) is 71.7 Å². The first-order chi connectivity index (χ1) is 16.0. The summed E-state index contributed by atoms with van der Waals surface area (Å²) in [5.74, 6) is -0.603. The van der Waals surface area contributed by atoms with Crippen LogP contribution in [0.2, 0.25) is 10.0 Å². The number of rotatable bonds is 8. The first-order valence-electron chi connectivity index (χ1n) is 9.87. The first kappa shape index (κ1) is 23.9. The fourth-order valence-electron chi connectivity index (χ4n) is 2.80. The number of nitrogens with zero attached hydrogens (tertiary/aromatic N) is 1. The molecule has 0 spiro atoms. The summed E-state index contributed by atoms with van der Waals surface area (Å²) >= 11 is 12.3. The summed E-state index contributed by atoms with van der Waals surface area (Å²) in [6.07, 6.45) is 1.43. The molecule has 8 heteroatoms. The molecule has 6 nitrogen and oxygen atoms in total. The van der Waals surface area contributed by atoms with E-state index >= 15 is 0 Å². The molecule has 3 aromatic rings. The predicted octanol–water partition coefficient (Wildman–Crippen LogP) is 5.23. The molecule has 166 valence electrons.